The van der Waals surface area contributed by atoms with Gasteiger partial charge in [-0.05, 0) is 12.3 Å². The molecule has 0 saturated carbocycles. The molecule has 0 fully saturated rings. The molecule has 0 aliphatic heterocycles. The maximum absolute atomic E-state index is 11.5. The third kappa shape index (κ3) is 4.56. The van der Waals surface area contributed by atoms with Crippen molar-refractivity contribution < 1.29 is 23.8 Å². The molecule has 1 heterocycles. The van der Waals surface area contributed by atoms with E-state index in [2.05, 4.69) is 10.3 Å². The SMILES string of the molecule is CCOC(=O)c1coc(NC(CC(=O)O)C(C)(C)C)n1. The number of carbonyl (C=O) groups is 2. The molecule has 7 nitrogen and oxygen atoms in total. The minimum Gasteiger partial charge on any atom is -0.481 e. The Bertz CT molecular complexity index is 475. The third-order valence-corrected chi connectivity index (χ3v) is 2.71. The lowest BCUT2D eigenvalue weighted by molar-refractivity contribution is -0.137. The number of oxazole rings is 1. The first-order chi connectivity index (χ1) is 9.24. The van der Waals surface area contributed by atoms with Crippen molar-refractivity contribution >= 4 is 18.0 Å². The van der Waals surface area contributed by atoms with Gasteiger partial charge in [0, 0.05) is 6.04 Å². The predicted molar refractivity (Wildman–Crippen MR) is 71.6 cm³/mol. The second-order valence-electron chi connectivity index (χ2n) is 5.42. The van der Waals surface area contributed by atoms with E-state index in [0.29, 0.717) is 0 Å². The van der Waals surface area contributed by atoms with E-state index in [1.54, 1.807) is 6.92 Å². The molecule has 0 saturated heterocycles. The van der Waals surface area contributed by atoms with Gasteiger partial charge in [-0.2, -0.15) is 4.98 Å². The summed E-state index contributed by atoms with van der Waals surface area (Å²) in [6.07, 6.45) is 1.10. The fourth-order valence-electron chi connectivity index (χ4n) is 1.54. The number of esters is 1. The first-order valence-electron chi connectivity index (χ1n) is 6.35. The zero-order valence-corrected chi connectivity index (χ0v) is 12.1. The molecular formula is C13H20N2O5. The number of rotatable bonds is 6. The number of carboxylic acid groups (broad SMARTS) is 1. The van der Waals surface area contributed by atoms with E-state index in [1.165, 1.54) is 6.26 Å². The Morgan fingerprint density at radius 1 is 1.50 bits per heavy atom. The molecule has 1 aromatic heterocycles. The minimum absolute atomic E-state index is 0.0531. The molecule has 0 aliphatic rings. The summed E-state index contributed by atoms with van der Waals surface area (Å²) < 4.78 is 9.92. The Labute approximate surface area is 117 Å². The Hall–Kier alpha value is -2.05. The lowest BCUT2D eigenvalue weighted by Gasteiger charge is -2.29. The molecule has 1 unspecified atom stereocenters. The van der Waals surface area contributed by atoms with Crippen LogP contribution in [0.2, 0.25) is 0 Å². The van der Waals surface area contributed by atoms with E-state index in [0.717, 1.165) is 0 Å². The van der Waals surface area contributed by atoms with Gasteiger partial charge in [0.15, 0.2) is 5.69 Å². The van der Waals surface area contributed by atoms with E-state index >= 15 is 0 Å². The van der Waals surface area contributed by atoms with Crippen LogP contribution in [0.15, 0.2) is 10.7 Å². The van der Waals surface area contributed by atoms with Crippen molar-refractivity contribution in [2.24, 2.45) is 5.41 Å². The van der Waals surface area contributed by atoms with E-state index in [-0.39, 0.29) is 36.2 Å². The maximum Gasteiger partial charge on any atom is 0.360 e. The lowest BCUT2D eigenvalue weighted by Crippen LogP contribution is -2.36. The van der Waals surface area contributed by atoms with Crippen molar-refractivity contribution in [3.8, 4) is 0 Å². The van der Waals surface area contributed by atoms with Gasteiger partial charge in [0.1, 0.15) is 6.26 Å². The van der Waals surface area contributed by atoms with Crippen LogP contribution in [0, 0.1) is 5.41 Å². The fourth-order valence-corrected chi connectivity index (χ4v) is 1.54. The number of hydrogen-bond donors (Lipinski definition) is 2. The van der Waals surface area contributed by atoms with E-state index in [1.807, 2.05) is 20.8 Å². The topological polar surface area (TPSA) is 102 Å². The number of aromatic nitrogens is 1. The molecule has 0 radical (unpaired) electrons. The van der Waals surface area contributed by atoms with E-state index < -0.39 is 11.9 Å². The van der Waals surface area contributed by atoms with Crippen LogP contribution in [-0.2, 0) is 9.53 Å². The van der Waals surface area contributed by atoms with Crippen LogP contribution in [0.1, 0.15) is 44.6 Å². The van der Waals surface area contributed by atoms with Crippen LogP contribution in [0.25, 0.3) is 0 Å². The molecule has 1 aromatic rings. The lowest BCUT2D eigenvalue weighted by atomic mass is 9.85. The number of nitrogens with one attached hydrogen (secondary N) is 1. The fraction of sp³-hybridized carbons (Fsp3) is 0.615. The average Bonchev–Trinajstić information content (AvgIpc) is 2.75. The quantitative estimate of drug-likeness (QED) is 0.771. The number of anilines is 1. The summed E-state index contributed by atoms with van der Waals surface area (Å²) in [6, 6.07) is -0.275. The van der Waals surface area contributed by atoms with Crippen LogP contribution < -0.4 is 5.32 Å². The van der Waals surface area contributed by atoms with E-state index in [9.17, 15) is 9.59 Å². The van der Waals surface area contributed by atoms with Gasteiger partial charge in [0.05, 0.1) is 13.0 Å². The summed E-state index contributed by atoms with van der Waals surface area (Å²) in [5.74, 6) is -1.50. The molecule has 2 N–H and O–H groups in total. The molecule has 0 aliphatic carbocycles. The molecular weight excluding hydrogens is 264 g/mol. The largest absolute Gasteiger partial charge is 0.481 e. The van der Waals surface area contributed by atoms with Gasteiger partial charge in [-0.15, -0.1) is 0 Å². The Kier molecular flexibility index (Phi) is 5.12. The molecule has 20 heavy (non-hydrogen) atoms. The first kappa shape index (κ1) is 16.0. The van der Waals surface area contributed by atoms with Crippen molar-refractivity contribution in [3.05, 3.63) is 12.0 Å². The summed E-state index contributed by atoms with van der Waals surface area (Å²) in [5.41, 5.74) is -0.255. The number of hydrogen-bond acceptors (Lipinski definition) is 6. The number of aliphatic carboxylic acids is 1. The monoisotopic (exact) mass is 284 g/mol. The van der Waals surface area contributed by atoms with Gasteiger partial charge in [-0.1, -0.05) is 20.8 Å². The number of ether oxygens (including phenoxy) is 1. The number of carbonyl (C=O) groups excluding carboxylic acids is 1. The molecule has 0 aromatic carbocycles. The predicted octanol–water partition coefficient (Wildman–Crippen LogP) is 2.15. The Morgan fingerprint density at radius 2 is 2.15 bits per heavy atom. The van der Waals surface area contributed by atoms with Gasteiger partial charge in [-0.3, -0.25) is 4.79 Å². The van der Waals surface area contributed by atoms with Crippen molar-refractivity contribution in [2.45, 2.75) is 40.2 Å². The summed E-state index contributed by atoms with van der Waals surface area (Å²) >= 11 is 0. The molecule has 0 bridgehead atoms. The van der Waals surface area contributed by atoms with Crippen molar-refractivity contribution in [1.29, 1.82) is 0 Å². The maximum atomic E-state index is 11.5. The van der Waals surface area contributed by atoms with Crippen LogP contribution in [0.3, 0.4) is 0 Å². The average molecular weight is 284 g/mol. The van der Waals surface area contributed by atoms with Crippen LogP contribution in [0.4, 0.5) is 6.01 Å². The molecule has 1 rings (SSSR count). The standard InChI is InChI=1S/C13H20N2O5/c1-5-19-11(18)8-7-20-12(14-8)15-9(6-10(16)17)13(2,3)4/h7,9H,5-6H2,1-4H3,(H,14,15)(H,16,17). The van der Waals surface area contributed by atoms with Gasteiger partial charge in [-0.25, -0.2) is 4.79 Å². The third-order valence-electron chi connectivity index (χ3n) is 2.71. The molecule has 7 heteroatoms. The Morgan fingerprint density at radius 3 is 2.65 bits per heavy atom. The molecule has 0 amide bonds. The zero-order valence-electron chi connectivity index (χ0n) is 12.1. The van der Waals surface area contributed by atoms with Crippen LogP contribution >= 0.6 is 0 Å². The van der Waals surface area contributed by atoms with Gasteiger partial charge < -0.3 is 19.6 Å². The zero-order chi connectivity index (χ0) is 15.3. The summed E-state index contributed by atoms with van der Waals surface area (Å²) in [4.78, 5) is 26.3. The van der Waals surface area contributed by atoms with E-state index in [4.69, 9.17) is 14.3 Å². The Balaban J connectivity index is 2.79. The van der Waals surface area contributed by atoms with Crippen molar-refractivity contribution in [1.82, 2.24) is 4.98 Å². The number of nitrogens with zero attached hydrogens (tertiary/aromatic N) is 1. The highest BCUT2D eigenvalue weighted by Crippen LogP contribution is 2.25. The molecule has 112 valence electrons. The number of carboxylic acids is 1. The second kappa shape index (κ2) is 6.40. The highest BCUT2D eigenvalue weighted by Gasteiger charge is 2.28. The first-order valence-corrected chi connectivity index (χ1v) is 6.35. The van der Waals surface area contributed by atoms with Crippen molar-refractivity contribution in [3.63, 3.8) is 0 Å². The van der Waals surface area contributed by atoms with Gasteiger partial charge in [0.25, 0.3) is 6.01 Å². The summed E-state index contributed by atoms with van der Waals surface area (Å²) in [6.45, 7) is 7.66. The summed E-state index contributed by atoms with van der Waals surface area (Å²) in [5, 5.41) is 11.8. The van der Waals surface area contributed by atoms with Gasteiger partial charge >= 0.3 is 11.9 Å². The smallest absolute Gasteiger partial charge is 0.360 e. The van der Waals surface area contributed by atoms with Crippen molar-refractivity contribution in [2.75, 3.05) is 11.9 Å². The van der Waals surface area contributed by atoms with Gasteiger partial charge in [0.2, 0.25) is 0 Å². The molecule has 0 spiro atoms. The van der Waals surface area contributed by atoms with Crippen LogP contribution in [-0.4, -0.2) is 34.7 Å². The normalized spacial score (nSPS) is 12.8. The highest BCUT2D eigenvalue weighted by atomic mass is 16.5. The highest BCUT2D eigenvalue weighted by molar-refractivity contribution is 5.87. The summed E-state index contributed by atoms with van der Waals surface area (Å²) in [7, 11) is 0. The second-order valence-corrected chi connectivity index (χ2v) is 5.42. The minimum atomic E-state index is -0.922. The molecule has 1 atom stereocenters. The van der Waals surface area contributed by atoms with Crippen LogP contribution in [0.5, 0.6) is 0 Å².